The summed E-state index contributed by atoms with van der Waals surface area (Å²) in [6.45, 7) is 0. The van der Waals surface area contributed by atoms with Gasteiger partial charge < -0.3 is 0 Å². The molecule has 0 aliphatic heterocycles. The second-order valence-corrected chi connectivity index (χ2v) is 3.62. The molecule has 68 valence electrons. The first-order chi connectivity index (χ1) is 6.40. The Bertz CT molecular complexity index is 325. The number of rotatable bonds is 2. The van der Waals surface area contributed by atoms with E-state index in [0.717, 1.165) is 11.8 Å². The predicted molar refractivity (Wildman–Crippen MR) is 56.9 cm³/mol. The molecule has 2 rings (SSSR count). The minimum Gasteiger partial charge on any atom is -0.266 e. The summed E-state index contributed by atoms with van der Waals surface area (Å²) < 4.78 is 1.98. The molecule has 13 heavy (non-hydrogen) atoms. The normalized spacial score (nSPS) is 21.6. The molecule has 3 heteroatoms. The van der Waals surface area contributed by atoms with Crippen molar-refractivity contribution in [2.45, 2.75) is 12.5 Å². The molecular weight excluding hydrogens is 228 g/mol. The van der Waals surface area contributed by atoms with Gasteiger partial charge in [0.15, 0.2) is 0 Å². The van der Waals surface area contributed by atoms with E-state index in [2.05, 4.69) is 39.3 Å². The van der Waals surface area contributed by atoms with Crippen LogP contribution in [0, 0.1) is 0 Å². The van der Waals surface area contributed by atoms with Gasteiger partial charge in [0, 0.05) is 17.7 Å². The third-order valence-corrected chi connectivity index (χ3v) is 2.82. The number of alkyl halides is 1. The molecule has 0 aromatic carbocycles. The Kier molecular flexibility index (Phi) is 2.64. The quantitative estimate of drug-likeness (QED) is 0.725. The number of aromatic nitrogens is 2. The van der Waals surface area contributed by atoms with Crippen molar-refractivity contribution in [2.24, 2.45) is 0 Å². The molecule has 0 bridgehead atoms. The smallest absolute Gasteiger partial charge is 0.0737 e. The molecule has 0 saturated carbocycles. The summed E-state index contributed by atoms with van der Waals surface area (Å²) in [5, 5.41) is 5.16. The van der Waals surface area contributed by atoms with Gasteiger partial charge in [-0.1, -0.05) is 34.2 Å². The maximum absolute atomic E-state index is 4.22. The van der Waals surface area contributed by atoms with Crippen LogP contribution in [0.5, 0.6) is 0 Å². The Morgan fingerprint density at radius 1 is 1.62 bits per heavy atom. The zero-order valence-electron chi connectivity index (χ0n) is 7.23. The molecule has 0 spiro atoms. The van der Waals surface area contributed by atoms with E-state index in [9.17, 15) is 0 Å². The molecule has 1 aromatic heterocycles. The lowest BCUT2D eigenvalue weighted by atomic mass is 10.0. The van der Waals surface area contributed by atoms with Crippen molar-refractivity contribution in [3.8, 4) is 0 Å². The van der Waals surface area contributed by atoms with Gasteiger partial charge in [0.2, 0.25) is 0 Å². The minimum atomic E-state index is 0.401. The van der Waals surface area contributed by atoms with Gasteiger partial charge in [0.05, 0.1) is 6.04 Å². The topological polar surface area (TPSA) is 17.8 Å². The van der Waals surface area contributed by atoms with E-state index < -0.39 is 0 Å². The Morgan fingerprint density at radius 2 is 2.54 bits per heavy atom. The maximum atomic E-state index is 4.22. The van der Waals surface area contributed by atoms with Crippen LogP contribution in [0.15, 0.2) is 42.3 Å². The highest BCUT2D eigenvalue weighted by atomic mass is 79.9. The van der Waals surface area contributed by atoms with Crippen molar-refractivity contribution in [1.29, 1.82) is 0 Å². The molecule has 1 heterocycles. The van der Waals surface area contributed by atoms with E-state index in [1.807, 2.05) is 23.1 Å². The number of nitrogens with zero attached hydrogens (tertiary/aromatic N) is 2. The predicted octanol–water partition coefficient (Wildman–Crippen LogP) is 2.71. The molecular formula is C10H11BrN2. The largest absolute Gasteiger partial charge is 0.266 e. The summed E-state index contributed by atoms with van der Waals surface area (Å²) in [6.07, 6.45) is 11.5. The van der Waals surface area contributed by atoms with Crippen LogP contribution in [0.3, 0.4) is 0 Å². The van der Waals surface area contributed by atoms with Gasteiger partial charge in [-0.15, -0.1) is 0 Å². The number of allylic oxidation sites excluding steroid dienone is 4. The fourth-order valence-corrected chi connectivity index (χ4v) is 1.84. The van der Waals surface area contributed by atoms with E-state index in [0.29, 0.717) is 6.04 Å². The van der Waals surface area contributed by atoms with Crippen molar-refractivity contribution in [2.75, 3.05) is 5.33 Å². The monoisotopic (exact) mass is 238 g/mol. The molecule has 0 radical (unpaired) electrons. The molecule has 1 aliphatic rings. The van der Waals surface area contributed by atoms with Gasteiger partial charge in [-0.2, -0.15) is 5.10 Å². The Hall–Kier alpha value is -0.830. The summed E-state index contributed by atoms with van der Waals surface area (Å²) in [6, 6.07) is 2.36. The van der Waals surface area contributed by atoms with Crippen molar-refractivity contribution in [3.05, 3.63) is 42.3 Å². The first kappa shape index (κ1) is 8.75. The number of halogens is 1. The van der Waals surface area contributed by atoms with E-state index >= 15 is 0 Å². The summed E-state index contributed by atoms with van der Waals surface area (Å²) in [7, 11) is 0. The number of hydrogen-bond donors (Lipinski definition) is 0. The first-order valence-electron chi connectivity index (χ1n) is 4.32. The average molecular weight is 239 g/mol. The molecule has 0 fully saturated rings. The van der Waals surface area contributed by atoms with Crippen molar-refractivity contribution in [1.82, 2.24) is 9.78 Å². The fourth-order valence-electron chi connectivity index (χ4n) is 1.43. The van der Waals surface area contributed by atoms with Gasteiger partial charge in [-0.05, 0) is 18.1 Å². The van der Waals surface area contributed by atoms with Crippen molar-refractivity contribution < 1.29 is 0 Å². The SMILES string of the molecule is BrCC1=CCC(n2cccn2)C=C1. The molecule has 0 N–H and O–H groups in total. The van der Waals surface area contributed by atoms with Crippen LogP contribution >= 0.6 is 15.9 Å². The molecule has 1 unspecified atom stereocenters. The summed E-state index contributed by atoms with van der Waals surface area (Å²) in [4.78, 5) is 0. The summed E-state index contributed by atoms with van der Waals surface area (Å²) in [5.41, 5.74) is 1.35. The average Bonchev–Trinajstić information content (AvgIpc) is 2.71. The molecule has 1 aromatic rings. The van der Waals surface area contributed by atoms with Crippen molar-refractivity contribution in [3.63, 3.8) is 0 Å². The molecule has 2 nitrogen and oxygen atoms in total. The molecule has 1 aliphatic carbocycles. The van der Waals surface area contributed by atoms with Crippen LogP contribution in [0.2, 0.25) is 0 Å². The highest BCUT2D eigenvalue weighted by molar-refractivity contribution is 9.09. The maximum Gasteiger partial charge on any atom is 0.0737 e. The fraction of sp³-hybridized carbons (Fsp3) is 0.300. The van der Waals surface area contributed by atoms with Crippen LogP contribution in [0.4, 0.5) is 0 Å². The second-order valence-electron chi connectivity index (χ2n) is 3.06. The van der Waals surface area contributed by atoms with E-state index in [1.54, 1.807) is 0 Å². The van der Waals surface area contributed by atoms with Gasteiger partial charge in [0.1, 0.15) is 0 Å². The lowest BCUT2D eigenvalue weighted by Gasteiger charge is -2.15. The van der Waals surface area contributed by atoms with E-state index in [1.165, 1.54) is 5.57 Å². The minimum absolute atomic E-state index is 0.401. The molecule has 1 atom stereocenters. The highest BCUT2D eigenvalue weighted by Crippen LogP contribution is 2.20. The van der Waals surface area contributed by atoms with Crippen molar-refractivity contribution >= 4 is 15.9 Å². The standard InChI is InChI=1S/C10H11BrN2/c11-8-9-2-4-10(5-3-9)13-7-1-6-12-13/h1-4,6-7,10H,5,8H2. The summed E-state index contributed by atoms with van der Waals surface area (Å²) in [5.74, 6) is 0. The Morgan fingerprint density at radius 3 is 3.08 bits per heavy atom. The van der Waals surface area contributed by atoms with E-state index in [-0.39, 0.29) is 0 Å². The third-order valence-electron chi connectivity index (χ3n) is 2.17. The van der Waals surface area contributed by atoms with Gasteiger partial charge in [-0.3, -0.25) is 4.68 Å². The highest BCUT2D eigenvalue weighted by Gasteiger charge is 2.09. The van der Waals surface area contributed by atoms with Crippen LogP contribution in [-0.2, 0) is 0 Å². The van der Waals surface area contributed by atoms with Gasteiger partial charge in [0.25, 0.3) is 0 Å². The Balaban J connectivity index is 2.09. The van der Waals surface area contributed by atoms with Crippen LogP contribution in [-0.4, -0.2) is 15.1 Å². The Labute approximate surface area is 86.1 Å². The van der Waals surface area contributed by atoms with Crippen LogP contribution in [0.25, 0.3) is 0 Å². The summed E-state index contributed by atoms with van der Waals surface area (Å²) >= 11 is 3.44. The van der Waals surface area contributed by atoms with Crippen LogP contribution < -0.4 is 0 Å². The van der Waals surface area contributed by atoms with Gasteiger partial charge in [-0.25, -0.2) is 0 Å². The number of hydrogen-bond acceptors (Lipinski definition) is 1. The lowest BCUT2D eigenvalue weighted by molar-refractivity contribution is 0.539. The zero-order valence-corrected chi connectivity index (χ0v) is 8.81. The second kappa shape index (κ2) is 3.92. The molecule has 0 amide bonds. The van der Waals surface area contributed by atoms with Gasteiger partial charge >= 0.3 is 0 Å². The van der Waals surface area contributed by atoms with E-state index in [4.69, 9.17) is 0 Å². The first-order valence-corrected chi connectivity index (χ1v) is 5.44. The zero-order chi connectivity index (χ0) is 9.10. The molecule has 0 saturated heterocycles. The third kappa shape index (κ3) is 1.91. The van der Waals surface area contributed by atoms with Crippen LogP contribution in [0.1, 0.15) is 12.5 Å². The lowest BCUT2D eigenvalue weighted by Crippen LogP contribution is -2.08.